The summed E-state index contributed by atoms with van der Waals surface area (Å²) in [5.41, 5.74) is 0. The summed E-state index contributed by atoms with van der Waals surface area (Å²) in [6.07, 6.45) is 5.22. The van der Waals surface area contributed by atoms with Gasteiger partial charge >= 0.3 is 0 Å². The number of hydrogen-bond acceptors (Lipinski definition) is 3. The first-order chi connectivity index (χ1) is 9.05. The molecule has 2 aliphatic rings. The maximum atomic E-state index is 12.6. The van der Waals surface area contributed by atoms with E-state index in [2.05, 4.69) is 0 Å². The number of hydrogen-bond donors (Lipinski definition) is 0. The molecule has 1 unspecified atom stereocenters. The van der Waals surface area contributed by atoms with E-state index in [0.717, 1.165) is 32.1 Å². The van der Waals surface area contributed by atoms with Crippen molar-refractivity contribution in [3.63, 3.8) is 0 Å². The van der Waals surface area contributed by atoms with Crippen LogP contribution in [0.5, 0.6) is 0 Å². The van der Waals surface area contributed by atoms with Crippen LogP contribution in [-0.2, 0) is 15.0 Å². The lowest BCUT2D eigenvalue weighted by Gasteiger charge is -2.34. The molecular formula is C13H24N2O3S. The second-order valence-corrected chi connectivity index (χ2v) is 7.43. The van der Waals surface area contributed by atoms with Crippen LogP contribution in [0.25, 0.3) is 0 Å². The number of Topliss-reactive ketones (excluding diaryl/α,β-unsaturated/α-hetero) is 1. The van der Waals surface area contributed by atoms with Crippen molar-refractivity contribution in [2.24, 2.45) is 5.92 Å². The van der Waals surface area contributed by atoms with E-state index in [1.165, 1.54) is 4.31 Å². The van der Waals surface area contributed by atoms with E-state index >= 15 is 0 Å². The van der Waals surface area contributed by atoms with Gasteiger partial charge in [-0.3, -0.25) is 4.79 Å². The Bertz CT molecular complexity index is 414. The molecule has 1 atom stereocenters. The molecule has 2 rings (SSSR count). The lowest BCUT2D eigenvalue weighted by molar-refractivity contribution is -0.125. The Kier molecular flexibility index (Phi) is 4.97. The Morgan fingerprint density at radius 1 is 1.05 bits per heavy atom. The predicted molar refractivity (Wildman–Crippen MR) is 73.9 cm³/mol. The van der Waals surface area contributed by atoms with Crippen LogP contribution in [0.2, 0.25) is 0 Å². The van der Waals surface area contributed by atoms with Gasteiger partial charge in [-0.2, -0.15) is 17.0 Å². The van der Waals surface area contributed by atoms with E-state index in [-0.39, 0.29) is 11.7 Å². The minimum absolute atomic E-state index is 0.115. The second-order valence-electron chi connectivity index (χ2n) is 5.50. The molecule has 19 heavy (non-hydrogen) atoms. The number of carbonyl (C=O) groups is 1. The van der Waals surface area contributed by atoms with Crippen LogP contribution in [0, 0.1) is 5.92 Å². The second kappa shape index (κ2) is 6.33. The fourth-order valence-corrected chi connectivity index (χ4v) is 4.62. The minimum atomic E-state index is -3.36. The third-order valence-corrected chi connectivity index (χ3v) is 6.20. The van der Waals surface area contributed by atoms with Crippen molar-refractivity contribution in [3.8, 4) is 0 Å². The SMILES string of the molecule is CCC1CN(S(=O)(=O)N2CCCCCC2)CCC1=O. The highest BCUT2D eigenvalue weighted by molar-refractivity contribution is 7.86. The van der Waals surface area contributed by atoms with Gasteiger partial charge < -0.3 is 0 Å². The number of rotatable bonds is 3. The quantitative estimate of drug-likeness (QED) is 0.789. The van der Waals surface area contributed by atoms with Crippen molar-refractivity contribution in [1.29, 1.82) is 0 Å². The van der Waals surface area contributed by atoms with Crippen LogP contribution in [0.1, 0.15) is 45.4 Å². The average Bonchev–Trinajstić information content (AvgIpc) is 2.68. The van der Waals surface area contributed by atoms with Crippen LogP contribution in [0.3, 0.4) is 0 Å². The van der Waals surface area contributed by atoms with Gasteiger partial charge in [0, 0.05) is 38.5 Å². The van der Waals surface area contributed by atoms with Crippen molar-refractivity contribution in [1.82, 2.24) is 8.61 Å². The van der Waals surface area contributed by atoms with Crippen LogP contribution in [-0.4, -0.2) is 49.0 Å². The van der Waals surface area contributed by atoms with E-state index in [4.69, 9.17) is 0 Å². The summed E-state index contributed by atoms with van der Waals surface area (Å²) in [6, 6.07) is 0. The number of nitrogens with zero attached hydrogens (tertiary/aromatic N) is 2. The maximum absolute atomic E-state index is 12.6. The molecule has 0 amide bonds. The summed E-state index contributed by atoms with van der Waals surface area (Å²) < 4.78 is 28.3. The van der Waals surface area contributed by atoms with Gasteiger partial charge in [-0.05, 0) is 19.3 Å². The van der Waals surface area contributed by atoms with Crippen LogP contribution < -0.4 is 0 Å². The van der Waals surface area contributed by atoms with Gasteiger partial charge in [0.1, 0.15) is 5.78 Å². The topological polar surface area (TPSA) is 57.7 Å². The lowest BCUT2D eigenvalue weighted by Crippen LogP contribution is -2.50. The van der Waals surface area contributed by atoms with Gasteiger partial charge in [0.05, 0.1) is 0 Å². The Balaban J connectivity index is 2.08. The van der Waals surface area contributed by atoms with E-state index in [9.17, 15) is 13.2 Å². The fraction of sp³-hybridized carbons (Fsp3) is 0.923. The van der Waals surface area contributed by atoms with Crippen LogP contribution in [0.15, 0.2) is 0 Å². The molecule has 110 valence electrons. The first-order valence-electron chi connectivity index (χ1n) is 7.33. The fourth-order valence-electron chi connectivity index (χ4n) is 2.88. The summed E-state index contributed by atoms with van der Waals surface area (Å²) in [6.45, 7) is 3.93. The summed E-state index contributed by atoms with van der Waals surface area (Å²) in [4.78, 5) is 11.7. The van der Waals surface area contributed by atoms with Crippen molar-refractivity contribution in [3.05, 3.63) is 0 Å². The molecule has 0 N–H and O–H groups in total. The molecule has 0 aromatic rings. The summed E-state index contributed by atoms with van der Waals surface area (Å²) in [5.74, 6) is 0.0975. The Hall–Kier alpha value is -0.460. The van der Waals surface area contributed by atoms with Crippen molar-refractivity contribution < 1.29 is 13.2 Å². The van der Waals surface area contributed by atoms with Crippen LogP contribution >= 0.6 is 0 Å². The normalized spacial score (nSPS) is 28.3. The molecule has 0 aromatic heterocycles. The Morgan fingerprint density at radius 2 is 1.68 bits per heavy atom. The zero-order valence-corrected chi connectivity index (χ0v) is 12.5. The highest BCUT2D eigenvalue weighted by Crippen LogP contribution is 2.22. The predicted octanol–water partition coefficient (Wildman–Crippen LogP) is 1.41. The largest absolute Gasteiger partial charge is 0.299 e. The van der Waals surface area contributed by atoms with E-state index < -0.39 is 10.2 Å². The standard InChI is InChI=1S/C13H24N2O3S/c1-2-12-11-15(10-7-13(12)16)19(17,18)14-8-5-3-4-6-9-14/h12H,2-11H2,1H3. The molecule has 5 nitrogen and oxygen atoms in total. The molecule has 2 fully saturated rings. The average molecular weight is 288 g/mol. The smallest absolute Gasteiger partial charge is 0.282 e. The first kappa shape index (κ1) is 14.9. The zero-order valence-electron chi connectivity index (χ0n) is 11.7. The number of carbonyl (C=O) groups excluding carboxylic acids is 1. The van der Waals surface area contributed by atoms with Gasteiger partial charge in [-0.25, -0.2) is 0 Å². The number of ketones is 1. The maximum Gasteiger partial charge on any atom is 0.282 e. The zero-order chi connectivity index (χ0) is 13.9. The van der Waals surface area contributed by atoms with E-state index in [1.54, 1.807) is 4.31 Å². The van der Waals surface area contributed by atoms with Crippen molar-refractivity contribution >= 4 is 16.0 Å². The van der Waals surface area contributed by atoms with Gasteiger partial charge in [0.2, 0.25) is 0 Å². The van der Waals surface area contributed by atoms with Gasteiger partial charge in [0.25, 0.3) is 10.2 Å². The monoisotopic (exact) mass is 288 g/mol. The molecule has 2 aliphatic heterocycles. The Morgan fingerprint density at radius 3 is 2.26 bits per heavy atom. The van der Waals surface area contributed by atoms with Gasteiger partial charge in [-0.1, -0.05) is 19.8 Å². The summed E-state index contributed by atoms with van der Waals surface area (Å²) in [5, 5.41) is 0. The minimum Gasteiger partial charge on any atom is -0.299 e. The summed E-state index contributed by atoms with van der Waals surface area (Å²) >= 11 is 0. The number of piperidine rings is 1. The van der Waals surface area contributed by atoms with E-state index in [1.807, 2.05) is 6.92 Å². The highest BCUT2D eigenvalue weighted by Gasteiger charge is 2.36. The molecule has 2 heterocycles. The molecule has 0 saturated carbocycles. The van der Waals surface area contributed by atoms with Gasteiger partial charge in [0.15, 0.2) is 0 Å². The molecule has 0 aromatic carbocycles. The molecule has 0 aliphatic carbocycles. The van der Waals surface area contributed by atoms with Crippen LogP contribution in [0.4, 0.5) is 0 Å². The first-order valence-corrected chi connectivity index (χ1v) is 8.73. The summed E-state index contributed by atoms with van der Waals surface area (Å²) in [7, 11) is -3.36. The lowest BCUT2D eigenvalue weighted by atomic mass is 9.96. The molecule has 0 bridgehead atoms. The van der Waals surface area contributed by atoms with E-state index in [0.29, 0.717) is 32.6 Å². The molecule has 6 heteroatoms. The molecule has 0 radical (unpaired) electrons. The molecule has 2 saturated heterocycles. The Labute approximate surface area is 116 Å². The van der Waals surface area contributed by atoms with Crippen molar-refractivity contribution in [2.75, 3.05) is 26.2 Å². The molecule has 0 spiro atoms. The third-order valence-electron chi connectivity index (χ3n) is 4.20. The third kappa shape index (κ3) is 3.35. The molecular weight excluding hydrogens is 264 g/mol. The highest BCUT2D eigenvalue weighted by atomic mass is 32.2. The van der Waals surface area contributed by atoms with Crippen molar-refractivity contribution in [2.45, 2.75) is 45.4 Å². The van der Waals surface area contributed by atoms with Gasteiger partial charge in [-0.15, -0.1) is 0 Å².